The summed E-state index contributed by atoms with van der Waals surface area (Å²) >= 11 is 1.93. The van der Waals surface area contributed by atoms with E-state index in [0.717, 1.165) is 32.4 Å². The van der Waals surface area contributed by atoms with Crippen molar-refractivity contribution in [3.63, 3.8) is 0 Å². The molecule has 5 aromatic carbocycles. The quantitative estimate of drug-likeness (QED) is 0.103. The van der Waals surface area contributed by atoms with Crippen molar-refractivity contribution < 1.29 is 0 Å². The van der Waals surface area contributed by atoms with Gasteiger partial charge in [0.25, 0.3) is 0 Å². The summed E-state index contributed by atoms with van der Waals surface area (Å²) in [6.45, 7) is 16.1. The highest BCUT2D eigenvalue weighted by atomic mass is 32.1. The van der Waals surface area contributed by atoms with E-state index >= 15 is 0 Å². The van der Waals surface area contributed by atoms with Crippen LogP contribution in [0.25, 0.3) is 21.5 Å². The SMILES string of the molecule is CCN1C(=C/C=C2\CCC/C(=C\C=C3\N(CC)c4ccc5ccccc5c4C3(C)C)C2=[S+]c2ccccc2)C(C)(C)c2c1ccc1ccccc21. The Morgan fingerprint density at radius 2 is 1.00 bits per heavy atom. The molecular formula is C48H49N2S+. The number of hydrogen-bond acceptors (Lipinski definition) is 2. The van der Waals surface area contributed by atoms with Crippen LogP contribution in [-0.4, -0.2) is 18.0 Å². The molecule has 0 bridgehead atoms. The van der Waals surface area contributed by atoms with Crippen LogP contribution < -0.4 is 9.80 Å². The molecule has 0 unspecified atom stereocenters. The second-order valence-electron chi connectivity index (χ2n) is 15.2. The molecule has 2 nitrogen and oxygen atoms in total. The maximum Gasteiger partial charge on any atom is 0.237 e. The standard InChI is InChI=1S/C48H49N2S/c1-7-49-40-29-25-33-17-12-14-23-38(33)44(40)47(3,4)42(49)31-27-35-19-16-20-36(46(35)51-37-21-10-9-11-22-37)28-32-43-48(5,6)45-39-24-15-13-18-34(39)26-30-41(45)50(43)8-2/h9-15,17-18,21-32H,7-8,16,19-20H2,1-6H3/q+1/b35-27+,36-28+,42-31+,43-32?. The second-order valence-corrected chi connectivity index (χ2v) is 16.3. The van der Waals surface area contributed by atoms with Crippen LogP contribution in [0.1, 0.15) is 71.9 Å². The summed E-state index contributed by atoms with van der Waals surface area (Å²) in [6, 6.07) is 37.9. The maximum absolute atomic E-state index is 2.54. The summed E-state index contributed by atoms with van der Waals surface area (Å²) in [4.78, 5) is 7.77. The third-order valence-electron chi connectivity index (χ3n) is 11.5. The molecule has 0 saturated heterocycles. The molecule has 0 spiro atoms. The summed E-state index contributed by atoms with van der Waals surface area (Å²) in [5.74, 6) is 0. The lowest BCUT2D eigenvalue weighted by Gasteiger charge is -2.26. The van der Waals surface area contributed by atoms with E-state index in [0.29, 0.717) is 0 Å². The van der Waals surface area contributed by atoms with E-state index in [-0.39, 0.29) is 10.8 Å². The number of rotatable bonds is 5. The van der Waals surface area contributed by atoms with E-state index in [9.17, 15) is 0 Å². The van der Waals surface area contributed by atoms with E-state index in [1.807, 2.05) is 11.4 Å². The van der Waals surface area contributed by atoms with E-state index in [1.165, 1.54) is 76.3 Å². The molecule has 5 aromatic rings. The number of allylic oxidation sites excluding steroid dienone is 8. The first-order chi connectivity index (χ1) is 24.7. The Hall–Kier alpha value is -4.73. The van der Waals surface area contributed by atoms with Crippen LogP contribution in [-0.2, 0) is 22.2 Å². The first-order valence-electron chi connectivity index (χ1n) is 18.8. The zero-order chi connectivity index (χ0) is 35.3. The number of anilines is 2. The molecular weight excluding hydrogens is 637 g/mol. The summed E-state index contributed by atoms with van der Waals surface area (Å²) in [7, 11) is 0. The predicted molar refractivity (Wildman–Crippen MR) is 223 cm³/mol. The molecule has 0 radical (unpaired) electrons. The van der Waals surface area contributed by atoms with E-state index < -0.39 is 0 Å². The lowest BCUT2D eigenvalue weighted by molar-refractivity contribution is 0.638. The van der Waals surface area contributed by atoms with Gasteiger partial charge in [-0.3, -0.25) is 0 Å². The number of fused-ring (bicyclic) bond motifs is 6. The Kier molecular flexibility index (Phi) is 8.59. The molecule has 51 heavy (non-hydrogen) atoms. The minimum absolute atomic E-state index is 0.107. The van der Waals surface area contributed by atoms with Crippen molar-refractivity contribution in [2.75, 3.05) is 22.9 Å². The van der Waals surface area contributed by atoms with Gasteiger partial charge in [0.1, 0.15) is 0 Å². The fourth-order valence-electron chi connectivity index (χ4n) is 9.07. The fourth-order valence-corrected chi connectivity index (χ4v) is 10.2. The molecule has 1 fully saturated rings. The van der Waals surface area contributed by atoms with Crippen LogP contribution in [0.5, 0.6) is 0 Å². The topological polar surface area (TPSA) is 6.48 Å². The molecule has 2 heterocycles. The Labute approximate surface area is 308 Å². The Balaban J connectivity index is 1.23. The molecule has 1 aliphatic carbocycles. The Bertz CT molecular complexity index is 2170. The van der Waals surface area contributed by atoms with Crippen molar-refractivity contribution in [2.24, 2.45) is 0 Å². The molecule has 256 valence electrons. The average molecular weight is 686 g/mol. The molecule has 1 saturated carbocycles. The van der Waals surface area contributed by atoms with Gasteiger partial charge < -0.3 is 9.80 Å². The zero-order valence-electron chi connectivity index (χ0n) is 31.0. The lowest BCUT2D eigenvalue weighted by Crippen LogP contribution is -2.26. The maximum atomic E-state index is 2.54. The molecule has 8 rings (SSSR count). The van der Waals surface area contributed by atoms with Gasteiger partial charge in [-0.25, -0.2) is 0 Å². The fraction of sp³-hybridized carbons (Fsp3) is 0.271. The van der Waals surface area contributed by atoms with Crippen molar-refractivity contribution in [2.45, 2.75) is 76.5 Å². The highest BCUT2D eigenvalue weighted by Gasteiger charge is 2.42. The van der Waals surface area contributed by atoms with E-state index in [4.69, 9.17) is 0 Å². The van der Waals surface area contributed by atoms with Crippen molar-refractivity contribution in [3.8, 4) is 0 Å². The van der Waals surface area contributed by atoms with E-state index in [2.05, 4.69) is 179 Å². The molecule has 3 aliphatic rings. The Morgan fingerprint density at radius 3 is 1.47 bits per heavy atom. The average Bonchev–Trinajstić information content (AvgIpc) is 3.52. The third kappa shape index (κ3) is 5.58. The lowest BCUT2D eigenvalue weighted by atomic mass is 9.80. The van der Waals surface area contributed by atoms with Gasteiger partial charge in [-0.1, -0.05) is 119 Å². The van der Waals surface area contributed by atoms with Gasteiger partial charge in [-0.05, 0) is 90.1 Å². The van der Waals surface area contributed by atoms with Crippen molar-refractivity contribution in [1.29, 1.82) is 0 Å². The molecule has 0 aromatic heterocycles. The van der Waals surface area contributed by atoms with Gasteiger partial charge in [-0.2, -0.15) is 0 Å². The largest absolute Gasteiger partial charge is 0.344 e. The zero-order valence-corrected chi connectivity index (χ0v) is 31.8. The van der Waals surface area contributed by atoms with Crippen molar-refractivity contribution >= 4 is 49.1 Å². The number of hydrogen-bond donors (Lipinski definition) is 0. The van der Waals surface area contributed by atoms with Crippen molar-refractivity contribution in [3.05, 3.63) is 161 Å². The predicted octanol–water partition coefficient (Wildman–Crippen LogP) is 12.0. The third-order valence-corrected chi connectivity index (χ3v) is 12.7. The highest BCUT2D eigenvalue weighted by Crippen LogP contribution is 2.52. The molecule has 0 atom stereocenters. The molecule has 3 heteroatoms. The van der Waals surface area contributed by atoms with Crippen LogP contribution >= 0.6 is 0 Å². The Morgan fingerprint density at radius 1 is 0.549 bits per heavy atom. The minimum atomic E-state index is -0.107. The van der Waals surface area contributed by atoms with Gasteiger partial charge in [0.05, 0.1) is 0 Å². The van der Waals surface area contributed by atoms with Crippen LogP contribution in [0.15, 0.2) is 155 Å². The minimum Gasteiger partial charge on any atom is -0.344 e. The number of benzene rings is 5. The van der Waals surface area contributed by atoms with Gasteiger partial charge in [0, 0.05) is 70.0 Å². The summed E-state index contributed by atoms with van der Waals surface area (Å²) < 4.78 is 0. The summed E-state index contributed by atoms with van der Waals surface area (Å²) in [5, 5.41) is 5.36. The van der Waals surface area contributed by atoms with Crippen LogP contribution in [0.2, 0.25) is 0 Å². The van der Waals surface area contributed by atoms with Crippen LogP contribution in [0.3, 0.4) is 0 Å². The number of nitrogens with zero attached hydrogens (tertiary/aromatic N) is 2. The first-order valence-corrected chi connectivity index (χ1v) is 19.6. The van der Waals surface area contributed by atoms with Gasteiger partial charge in [0.15, 0.2) is 0 Å². The molecule has 0 amide bonds. The smallest absolute Gasteiger partial charge is 0.237 e. The molecule has 0 N–H and O–H groups in total. The van der Waals surface area contributed by atoms with Crippen LogP contribution in [0.4, 0.5) is 11.4 Å². The number of likely N-dealkylation sites (N-methyl/N-ethyl adjacent to an activating group) is 2. The molecule has 2 aliphatic heterocycles. The van der Waals surface area contributed by atoms with Gasteiger partial charge in [-0.15, -0.1) is 0 Å². The monoisotopic (exact) mass is 685 g/mol. The summed E-state index contributed by atoms with van der Waals surface area (Å²) in [5.41, 5.74) is 11.0. The highest BCUT2D eigenvalue weighted by molar-refractivity contribution is 7.79. The van der Waals surface area contributed by atoms with Gasteiger partial charge >= 0.3 is 0 Å². The van der Waals surface area contributed by atoms with E-state index in [1.54, 1.807) is 0 Å². The summed E-state index contributed by atoms with van der Waals surface area (Å²) in [6.07, 6.45) is 13.1. The van der Waals surface area contributed by atoms with Crippen LogP contribution in [0, 0.1) is 0 Å². The second kappa shape index (κ2) is 13.1. The first kappa shape index (κ1) is 33.4. The normalized spacial score (nSPS) is 21.9. The van der Waals surface area contributed by atoms with Gasteiger partial charge in [0.2, 0.25) is 21.1 Å². The van der Waals surface area contributed by atoms with Crippen molar-refractivity contribution in [1.82, 2.24) is 0 Å².